The van der Waals surface area contributed by atoms with Gasteiger partial charge in [0, 0.05) is 22.4 Å². The number of pyridine rings is 1. The summed E-state index contributed by atoms with van der Waals surface area (Å²) in [5, 5.41) is 14.3. The van der Waals surface area contributed by atoms with Crippen LogP contribution >= 0.6 is 23.7 Å². The summed E-state index contributed by atoms with van der Waals surface area (Å²) >= 11 is 1.41. The van der Waals surface area contributed by atoms with Gasteiger partial charge in [-0.3, -0.25) is 4.79 Å². The van der Waals surface area contributed by atoms with Crippen LogP contribution in [0.5, 0.6) is 5.75 Å². The van der Waals surface area contributed by atoms with Crippen LogP contribution in [0.1, 0.15) is 24.1 Å². The molecule has 0 saturated heterocycles. The van der Waals surface area contributed by atoms with Gasteiger partial charge in [0.15, 0.2) is 0 Å². The molecule has 0 radical (unpaired) electrons. The average molecular weight is 387 g/mol. The molecule has 1 atom stereocenters. The van der Waals surface area contributed by atoms with Crippen LogP contribution in [0.15, 0.2) is 46.6 Å². The molecule has 0 aliphatic rings. The fourth-order valence-electron chi connectivity index (χ4n) is 3.33. The fraction of sp³-hybridized carbons (Fsp3) is 0.150. The number of halogens is 1. The SMILES string of the molecule is Cc1cc(O)c(-c2ccc([C@H](C)N)cc2)c2c1[nH]c(=O)c1sccc12.Cl. The minimum atomic E-state index is -0.0930. The van der Waals surface area contributed by atoms with Gasteiger partial charge in [-0.1, -0.05) is 24.3 Å². The van der Waals surface area contributed by atoms with E-state index >= 15 is 0 Å². The topological polar surface area (TPSA) is 79.1 Å². The monoisotopic (exact) mass is 386 g/mol. The number of aromatic amines is 1. The van der Waals surface area contributed by atoms with Crippen molar-refractivity contribution in [3.05, 3.63) is 63.3 Å². The van der Waals surface area contributed by atoms with Crippen LogP contribution < -0.4 is 11.3 Å². The maximum atomic E-state index is 12.3. The van der Waals surface area contributed by atoms with Crippen LogP contribution in [0, 0.1) is 6.92 Å². The molecular weight excluding hydrogens is 368 g/mol. The summed E-state index contributed by atoms with van der Waals surface area (Å²) < 4.78 is 0.672. The lowest BCUT2D eigenvalue weighted by molar-refractivity contribution is 0.477. The summed E-state index contributed by atoms with van der Waals surface area (Å²) in [6.07, 6.45) is 0. The van der Waals surface area contributed by atoms with Crippen molar-refractivity contribution in [3.63, 3.8) is 0 Å². The highest BCUT2D eigenvalue weighted by atomic mass is 35.5. The standard InChI is InChI=1S/C20H18N2O2S.ClH/c1-10-9-15(23)16(13-5-3-12(4-6-13)11(2)21)17-14-7-8-25-19(14)20(24)22-18(10)17;/h3-9,11,23H,21H2,1-2H3,(H,22,24);1H/t11-;/m0./s1. The number of phenolic OH excluding ortho intramolecular Hbond substituents is 1. The number of aryl methyl sites for hydroxylation is 1. The Labute approximate surface area is 160 Å². The molecule has 2 aromatic heterocycles. The summed E-state index contributed by atoms with van der Waals surface area (Å²) in [5.74, 6) is 0.207. The molecular formula is C20H19ClN2O2S. The number of hydrogen-bond donors (Lipinski definition) is 3. The van der Waals surface area contributed by atoms with Crippen molar-refractivity contribution in [1.82, 2.24) is 4.98 Å². The molecule has 0 bridgehead atoms. The number of H-pyrrole nitrogens is 1. The second kappa shape index (κ2) is 6.76. The largest absolute Gasteiger partial charge is 0.507 e. The van der Waals surface area contributed by atoms with Crippen LogP contribution in [-0.2, 0) is 0 Å². The minimum Gasteiger partial charge on any atom is -0.507 e. The maximum absolute atomic E-state index is 12.3. The van der Waals surface area contributed by atoms with Gasteiger partial charge >= 0.3 is 0 Å². The number of benzene rings is 2. The Balaban J connectivity index is 0.00000196. The molecule has 0 aliphatic heterocycles. The molecule has 0 amide bonds. The van der Waals surface area contributed by atoms with Gasteiger partial charge in [-0.05, 0) is 48.1 Å². The van der Waals surface area contributed by atoms with Crippen molar-refractivity contribution >= 4 is 44.7 Å². The summed E-state index contributed by atoms with van der Waals surface area (Å²) in [7, 11) is 0. The average Bonchev–Trinajstić information content (AvgIpc) is 3.07. The van der Waals surface area contributed by atoms with Gasteiger partial charge in [0.2, 0.25) is 0 Å². The normalized spacial score (nSPS) is 12.3. The zero-order valence-corrected chi connectivity index (χ0v) is 16.0. The van der Waals surface area contributed by atoms with Crippen molar-refractivity contribution in [3.8, 4) is 16.9 Å². The fourth-order valence-corrected chi connectivity index (χ4v) is 4.12. The first kappa shape index (κ1) is 18.5. The van der Waals surface area contributed by atoms with E-state index < -0.39 is 0 Å². The number of aromatic hydroxyl groups is 1. The number of fused-ring (bicyclic) bond motifs is 3. The Morgan fingerprint density at radius 1 is 1.19 bits per heavy atom. The minimum absolute atomic E-state index is 0. The Bertz CT molecular complexity index is 1160. The van der Waals surface area contributed by atoms with E-state index in [9.17, 15) is 9.90 Å². The third-order valence-corrected chi connectivity index (χ3v) is 5.52. The second-order valence-electron chi connectivity index (χ2n) is 6.37. The molecule has 4 N–H and O–H groups in total. The Morgan fingerprint density at radius 3 is 2.54 bits per heavy atom. The molecule has 0 saturated carbocycles. The first-order chi connectivity index (χ1) is 12.0. The van der Waals surface area contributed by atoms with Gasteiger partial charge in [0.05, 0.1) is 5.52 Å². The summed E-state index contributed by atoms with van der Waals surface area (Å²) in [6, 6.07) is 11.5. The molecule has 0 aliphatic carbocycles. The van der Waals surface area contributed by atoms with E-state index in [0.29, 0.717) is 4.70 Å². The van der Waals surface area contributed by atoms with Gasteiger partial charge in [0.25, 0.3) is 5.56 Å². The molecule has 4 aromatic rings. The quantitative estimate of drug-likeness (QED) is 0.460. The third kappa shape index (κ3) is 2.78. The van der Waals surface area contributed by atoms with Gasteiger partial charge in [0.1, 0.15) is 10.4 Å². The van der Waals surface area contributed by atoms with E-state index in [1.54, 1.807) is 6.07 Å². The van der Waals surface area contributed by atoms with Gasteiger partial charge in [-0.15, -0.1) is 23.7 Å². The molecule has 26 heavy (non-hydrogen) atoms. The van der Waals surface area contributed by atoms with Crippen molar-refractivity contribution in [1.29, 1.82) is 0 Å². The van der Waals surface area contributed by atoms with Crippen molar-refractivity contribution in [2.45, 2.75) is 19.9 Å². The van der Waals surface area contributed by atoms with Crippen LogP contribution in [0.3, 0.4) is 0 Å². The molecule has 134 valence electrons. The predicted octanol–water partition coefficient (Wildman–Crippen LogP) is 4.87. The molecule has 0 fully saturated rings. The number of nitrogens with two attached hydrogens (primary N) is 1. The van der Waals surface area contributed by atoms with E-state index in [1.807, 2.05) is 49.6 Å². The molecule has 6 heteroatoms. The van der Waals surface area contributed by atoms with Crippen molar-refractivity contribution in [2.75, 3.05) is 0 Å². The lowest BCUT2D eigenvalue weighted by Gasteiger charge is -2.14. The van der Waals surface area contributed by atoms with Gasteiger partial charge < -0.3 is 15.8 Å². The highest BCUT2D eigenvalue weighted by Crippen LogP contribution is 2.41. The van der Waals surface area contributed by atoms with Crippen molar-refractivity contribution in [2.24, 2.45) is 5.73 Å². The number of thiophene rings is 1. The van der Waals surface area contributed by atoms with Crippen LogP contribution in [-0.4, -0.2) is 10.1 Å². The third-order valence-electron chi connectivity index (χ3n) is 4.61. The highest BCUT2D eigenvalue weighted by Gasteiger charge is 2.17. The van der Waals surface area contributed by atoms with Crippen LogP contribution in [0.4, 0.5) is 0 Å². The Hall–Kier alpha value is -2.34. The van der Waals surface area contributed by atoms with E-state index in [0.717, 1.165) is 38.5 Å². The number of aromatic nitrogens is 1. The molecule has 2 heterocycles. The molecule has 4 nitrogen and oxygen atoms in total. The van der Waals surface area contributed by atoms with E-state index in [-0.39, 0.29) is 29.8 Å². The predicted molar refractivity (Wildman–Crippen MR) is 112 cm³/mol. The lowest BCUT2D eigenvalue weighted by Crippen LogP contribution is -2.06. The zero-order chi connectivity index (χ0) is 17.7. The number of rotatable bonds is 2. The molecule has 0 spiro atoms. The Kier molecular flexibility index (Phi) is 4.80. The second-order valence-corrected chi connectivity index (χ2v) is 7.28. The lowest BCUT2D eigenvalue weighted by atomic mass is 9.94. The summed E-state index contributed by atoms with van der Waals surface area (Å²) in [6.45, 7) is 3.83. The van der Waals surface area contributed by atoms with E-state index in [4.69, 9.17) is 5.73 Å². The zero-order valence-electron chi connectivity index (χ0n) is 14.4. The number of hydrogen-bond acceptors (Lipinski definition) is 4. The molecule has 2 aromatic carbocycles. The Morgan fingerprint density at radius 2 is 1.88 bits per heavy atom. The maximum Gasteiger partial charge on any atom is 0.266 e. The number of phenols is 1. The molecule has 4 rings (SSSR count). The summed E-state index contributed by atoms with van der Waals surface area (Å²) in [4.78, 5) is 15.3. The summed E-state index contributed by atoms with van der Waals surface area (Å²) in [5.41, 5.74) is 10.1. The van der Waals surface area contributed by atoms with Crippen molar-refractivity contribution < 1.29 is 5.11 Å². The first-order valence-corrected chi connectivity index (χ1v) is 8.97. The van der Waals surface area contributed by atoms with E-state index in [1.165, 1.54) is 11.3 Å². The van der Waals surface area contributed by atoms with Crippen LogP contribution in [0.2, 0.25) is 0 Å². The van der Waals surface area contributed by atoms with E-state index in [2.05, 4.69) is 4.98 Å². The van der Waals surface area contributed by atoms with Crippen LogP contribution in [0.25, 0.3) is 32.1 Å². The number of nitrogens with one attached hydrogen (secondary N) is 1. The molecule has 0 unspecified atom stereocenters. The first-order valence-electron chi connectivity index (χ1n) is 8.09. The van der Waals surface area contributed by atoms with Gasteiger partial charge in [-0.2, -0.15) is 0 Å². The van der Waals surface area contributed by atoms with Gasteiger partial charge in [-0.25, -0.2) is 0 Å². The smallest absolute Gasteiger partial charge is 0.266 e. The highest BCUT2D eigenvalue weighted by molar-refractivity contribution is 7.17.